The van der Waals surface area contributed by atoms with E-state index in [1.165, 1.54) is 0 Å². The van der Waals surface area contributed by atoms with Gasteiger partial charge in [0.2, 0.25) is 5.65 Å². The van der Waals surface area contributed by atoms with E-state index >= 15 is 0 Å². The summed E-state index contributed by atoms with van der Waals surface area (Å²) in [5.41, 5.74) is 2.67. The highest BCUT2D eigenvalue weighted by Crippen LogP contribution is 2.24. The van der Waals surface area contributed by atoms with Gasteiger partial charge in [-0.2, -0.15) is 4.52 Å². The van der Waals surface area contributed by atoms with Gasteiger partial charge in [0, 0.05) is 24.6 Å². The monoisotopic (exact) mass is 368 g/mol. The fourth-order valence-electron chi connectivity index (χ4n) is 2.97. The van der Waals surface area contributed by atoms with Crippen molar-refractivity contribution in [3.63, 3.8) is 0 Å². The summed E-state index contributed by atoms with van der Waals surface area (Å²) in [6.07, 6.45) is 2.07. The maximum atomic E-state index is 9.45. The first-order valence-corrected chi connectivity index (χ1v) is 9.56. The van der Waals surface area contributed by atoms with Gasteiger partial charge in [-0.25, -0.2) is 0 Å². The van der Waals surface area contributed by atoms with Crippen molar-refractivity contribution < 1.29 is 5.11 Å². The molecule has 2 aromatic heterocycles. The average molecular weight is 368 g/mol. The van der Waals surface area contributed by atoms with Crippen LogP contribution >= 0.6 is 0 Å². The fraction of sp³-hybridized carbons (Fsp3) is 0.450. The number of hydrogen-bond acceptors (Lipinski definition) is 6. The van der Waals surface area contributed by atoms with Gasteiger partial charge in [-0.15, -0.1) is 15.3 Å². The highest BCUT2D eigenvalue weighted by molar-refractivity contribution is 5.70. The molecule has 1 aromatic carbocycles. The van der Waals surface area contributed by atoms with Crippen LogP contribution in [0.3, 0.4) is 0 Å². The Morgan fingerprint density at radius 1 is 1.07 bits per heavy atom. The Morgan fingerprint density at radius 3 is 2.41 bits per heavy atom. The van der Waals surface area contributed by atoms with E-state index in [1.807, 2.05) is 22.7 Å². The van der Waals surface area contributed by atoms with Gasteiger partial charge in [-0.3, -0.25) is 0 Å². The van der Waals surface area contributed by atoms with E-state index < -0.39 is 0 Å². The first-order valence-electron chi connectivity index (χ1n) is 9.56. The lowest BCUT2D eigenvalue weighted by atomic mass is 10.2. The first kappa shape index (κ1) is 18.9. The molecule has 3 N–H and O–H groups in total. The Morgan fingerprint density at radius 2 is 1.78 bits per heavy atom. The van der Waals surface area contributed by atoms with Crippen molar-refractivity contribution in [2.75, 3.05) is 10.6 Å². The van der Waals surface area contributed by atoms with Gasteiger partial charge in [0.15, 0.2) is 5.82 Å². The number of anilines is 2. The Labute approximate surface area is 159 Å². The highest BCUT2D eigenvalue weighted by Gasteiger charge is 2.16. The van der Waals surface area contributed by atoms with E-state index in [4.69, 9.17) is 5.10 Å². The van der Waals surface area contributed by atoms with Crippen LogP contribution in [0.25, 0.3) is 5.65 Å². The predicted molar refractivity (Wildman–Crippen MR) is 108 cm³/mol. The van der Waals surface area contributed by atoms with Crippen LogP contribution in [0.5, 0.6) is 5.75 Å². The van der Waals surface area contributed by atoms with Crippen LogP contribution in [0.15, 0.2) is 30.3 Å². The van der Waals surface area contributed by atoms with Crippen LogP contribution < -0.4 is 10.6 Å². The van der Waals surface area contributed by atoms with Crippen molar-refractivity contribution in [1.29, 1.82) is 0 Å². The minimum Gasteiger partial charge on any atom is -0.508 e. The van der Waals surface area contributed by atoms with Crippen LogP contribution in [0.4, 0.5) is 11.5 Å². The van der Waals surface area contributed by atoms with E-state index in [0.29, 0.717) is 18.2 Å². The SMILES string of the molecule is CCC(CC)Nc1cc(NCc2ccc(O)cc2)c2nnc(C(C)C)n2n1. The molecule has 144 valence electrons. The molecule has 0 fully saturated rings. The molecular weight excluding hydrogens is 340 g/mol. The molecular formula is C20H28N6O. The summed E-state index contributed by atoms with van der Waals surface area (Å²) < 4.78 is 1.83. The molecule has 2 heterocycles. The van der Waals surface area contributed by atoms with Crippen molar-refractivity contribution in [3.8, 4) is 5.75 Å². The second kappa shape index (κ2) is 8.24. The zero-order valence-corrected chi connectivity index (χ0v) is 16.4. The van der Waals surface area contributed by atoms with Gasteiger partial charge in [0.1, 0.15) is 11.6 Å². The van der Waals surface area contributed by atoms with Crippen LogP contribution in [-0.4, -0.2) is 31.0 Å². The number of phenolic OH excluding ortho intramolecular Hbond substituents is 1. The maximum absolute atomic E-state index is 9.45. The molecule has 0 saturated carbocycles. The second-order valence-corrected chi connectivity index (χ2v) is 7.07. The number of benzene rings is 1. The summed E-state index contributed by atoms with van der Waals surface area (Å²) in [5, 5.41) is 29.8. The van der Waals surface area contributed by atoms with Crippen molar-refractivity contribution in [2.45, 2.75) is 59.0 Å². The number of nitrogens with one attached hydrogen (secondary N) is 2. The molecule has 0 aliphatic heterocycles. The van der Waals surface area contributed by atoms with E-state index in [2.05, 4.69) is 48.5 Å². The smallest absolute Gasteiger partial charge is 0.201 e. The number of phenols is 1. The number of nitrogens with zero attached hydrogens (tertiary/aromatic N) is 4. The molecule has 0 spiro atoms. The molecule has 7 heteroatoms. The molecule has 3 rings (SSSR count). The number of rotatable bonds is 8. The number of aromatic hydroxyl groups is 1. The van der Waals surface area contributed by atoms with Crippen molar-refractivity contribution >= 4 is 17.2 Å². The lowest BCUT2D eigenvalue weighted by Crippen LogP contribution is -2.19. The van der Waals surface area contributed by atoms with Gasteiger partial charge < -0.3 is 15.7 Å². The van der Waals surface area contributed by atoms with Gasteiger partial charge in [-0.1, -0.05) is 39.8 Å². The molecule has 27 heavy (non-hydrogen) atoms. The number of hydrogen-bond donors (Lipinski definition) is 3. The van der Waals surface area contributed by atoms with Crippen molar-refractivity contribution in [3.05, 3.63) is 41.7 Å². The molecule has 0 aliphatic rings. The fourth-order valence-corrected chi connectivity index (χ4v) is 2.97. The zero-order valence-electron chi connectivity index (χ0n) is 16.4. The third-order valence-electron chi connectivity index (χ3n) is 4.67. The summed E-state index contributed by atoms with van der Waals surface area (Å²) >= 11 is 0. The van der Waals surface area contributed by atoms with Crippen LogP contribution in [0, 0.1) is 0 Å². The Bertz CT molecular complexity index is 883. The van der Waals surface area contributed by atoms with Gasteiger partial charge in [0.05, 0.1) is 5.69 Å². The lowest BCUT2D eigenvalue weighted by molar-refractivity contribution is 0.475. The summed E-state index contributed by atoms with van der Waals surface area (Å²) in [4.78, 5) is 0. The van der Waals surface area contributed by atoms with Gasteiger partial charge in [0.25, 0.3) is 0 Å². The Balaban J connectivity index is 1.94. The van der Waals surface area contributed by atoms with E-state index in [-0.39, 0.29) is 11.7 Å². The highest BCUT2D eigenvalue weighted by atomic mass is 16.3. The van der Waals surface area contributed by atoms with Gasteiger partial charge >= 0.3 is 0 Å². The summed E-state index contributed by atoms with van der Waals surface area (Å²) in [6, 6.07) is 9.53. The molecule has 0 radical (unpaired) electrons. The van der Waals surface area contributed by atoms with E-state index in [1.54, 1.807) is 12.1 Å². The van der Waals surface area contributed by atoms with Crippen molar-refractivity contribution in [2.24, 2.45) is 0 Å². The molecule has 0 unspecified atom stereocenters. The quantitative estimate of drug-likeness (QED) is 0.553. The lowest BCUT2D eigenvalue weighted by Gasteiger charge is -2.17. The Hall–Kier alpha value is -2.83. The topological polar surface area (TPSA) is 87.4 Å². The van der Waals surface area contributed by atoms with Crippen LogP contribution in [0.2, 0.25) is 0 Å². The predicted octanol–water partition coefficient (Wildman–Crippen LogP) is 4.17. The summed E-state index contributed by atoms with van der Waals surface area (Å²) in [7, 11) is 0. The second-order valence-electron chi connectivity index (χ2n) is 7.07. The normalized spacial score (nSPS) is 11.5. The van der Waals surface area contributed by atoms with E-state index in [0.717, 1.165) is 35.7 Å². The molecule has 0 aliphatic carbocycles. The minimum atomic E-state index is 0.223. The average Bonchev–Trinajstić information content (AvgIpc) is 3.09. The number of aromatic nitrogens is 4. The molecule has 3 aromatic rings. The summed E-state index contributed by atoms with van der Waals surface area (Å²) in [5.74, 6) is 2.14. The first-order chi connectivity index (χ1) is 13.0. The molecule has 0 saturated heterocycles. The molecule has 7 nitrogen and oxygen atoms in total. The Kier molecular flexibility index (Phi) is 5.78. The van der Waals surface area contributed by atoms with Gasteiger partial charge in [-0.05, 0) is 30.5 Å². The molecule has 0 atom stereocenters. The minimum absolute atomic E-state index is 0.223. The third-order valence-corrected chi connectivity index (χ3v) is 4.67. The molecule has 0 bridgehead atoms. The standard InChI is InChI=1S/C20H28N6O/c1-5-15(6-2)22-18-11-17(21-12-14-7-9-16(27)10-8-14)20-24-23-19(13(3)4)26(20)25-18/h7-11,13,15,21,27H,5-6,12H2,1-4H3,(H,22,25). The van der Waals surface area contributed by atoms with E-state index in [9.17, 15) is 5.11 Å². The van der Waals surface area contributed by atoms with Crippen molar-refractivity contribution in [1.82, 2.24) is 19.8 Å². The zero-order chi connectivity index (χ0) is 19.4. The maximum Gasteiger partial charge on any atom is 0.201 e. The van der Waals surface area contributed by atoms with Crippen LogP contribution in [-0.2, 0) is 6.54 Å². The third kappa shape index (κ3) is 4.30. The number of fused-ring (bicyclic) bond motifs is 1. The largest absolute Gasteiger partial charge is 0.508 e. The molecule has 0 amide bonds. The van der Waals surface area contributed by atoms with Crippen LogP contribution in [0.1, 0.15) is 57.8 Å². The summed E-state index contributed by atoms with van der Waals surface area (Å²) in [6.45, 7) is 9.13.